The fourth-order valence-electron chi connectivity index (χ4n) is 5.56. The normalized spacial score (nSPS) is 15.4. The lowest BCUT2D eigenvalue weighted by molar-refractivity contribution is -0.140. The van der Waals surface area contributed by atoms with Crippen LogP contribution >= 0.6 is 23.2 Å². The number of rotatable bonds is 11. The molecule has 3 aromatic carbocycles. The van der Waals surface area contributed by atoms with Crippen molar-refractivity contribution in [2.45, 2.75) is 62.6 Å². The van der Waals surface area contributed by atoms with Crippen LogP contribution in [0.4, 0.5) is 5.69 Å². The summed E-state index contributed by atoms with van der Waals surface area (Å²) in [6.07, 6.45) is 4.14. The second-order valence-corrected chi connectivity index (χ2v) is 13.5. The van der Waals surface area contributed by atoms with Gasteiger partial charge in [0.1, 0.15) is 25.8 Å². The number of amides is 2. The minimum atomic E-state index is -4.22. The maximum atomic E-state index is 14.3. The van der Waals surface area contributed by atoms with Gasteiger partial charge in [-0.2, -0.15) is 0 Å². The number of fused-ring (bicyclic) bond motifs is 1. The molecule has 0 bridgehead atoms. The molecule has 1 unspecified atom stereocenters. The first-order valence-electron chi connectivity index (χ1n) is 14.7. The van der Waals surface area contributed by atoms with E-state index in [2.05, 4.69) is 5.32 Å². The Hall–Kier alpha value is -3.47. The van der Waals surface area contributed by atoms with Gasteiger partial charge in [-0.05, 0) is 61.2 Å². The first-order chi connectivity index (χ1) is 21.2. The van der Waals surface area contributed by atoms with Crippen molar-refractivity contribution in [1.82, 2.24) is 10.2 Å². The monoisotopic (exact) mass is 659 g/mol. The molecule has 1 N–H and O–H groups in total. The summed E-state index contributed by atoms with van der Waals surface area (Å²) in [4.78, 5) is 29.4. The third-order valence-corrected chi connectivity index (χ3v) is 10.2. The SMILES string of the molecule is CCC(C(=O)NC1CCCC1)N(Cc1ccc(Cl)cc1Cl)C(=O)CN(c1ccc2c(c1)OCCO2)S(=O)(=O)c1ccccc1. The number of ether oxygens (including phenoxy) is 2. The number of nitrogens with one attached hydrogen (secondary N) is 1. The van der Waals surface area contributed by atoms with Crippen molar-refractivity contribution in [1.29, 1.82) is 0 Å². The third-order valence-electron chi connectivity index (χ3n) is 7.87. The van der Waals surface area contributed by atoms with Crippen LogP contribution in [0, 0.1) is 0 Å². The van der Waals surface area contributed by atoms with Crippen molar-refractivity contribution in [3.05, 3.63) is 82.3 Å². The molecular formula is C32H35Cl2N3O6S. The van der Waals surface area contributed by atoms with E-state index in [-0.39, 0.29) is 29.1 Å². The standard InChI is InChI=1S/C32H35Cl2N3O6S/c1-2-28(32(39)35-24-8-6-7-9-24)36(20-22-12-13-23(33)18-27(22)34)31(38)21-37(44(40,41)26-10-4-3-5-11-26)25-14-15-29-30(19-25)43-17-16-42-29/h3-5,10-15,18-19,24,28H,2,6-9,16-17,20-21H2,1H3,(H,35,39). The van der Waals surface area contributed by atoms with Crippen LogP contribution in [0.15, 0.2) is 71.6 Å². The van der Waals surface area contributed by atoms with E-state index in [1.165, 1.54) is 17.0 Å². The molecule has 0 saturated heterocycles. The summed E-state index contributed by atoms with van der Waals surface area (Å²) in [5.41, 5.74) is 0.799. The molecule has 1 fully saturated rings. The molecule has 5 rings (SSSR count). The summed E-state index contributed by atoms with van der Waals surface area (Å²) in [7, 11) is -4.22. The number of hydrogen-bond acceptors (Lipinski definition) is 6. The van der Waals surface area contributed by atoms with Crippen LogP contribution in [-0.2, 0) is 26.2 Å². The van der Waals surface area contributed by atoms with Gasteiger partial charge in [-0.3, -0.25) is 13.9 Å². The second-order valence-electron chi connectivity index (χ2n) is 10.8. The molecule has 3 aromatic rings. The third kappa shape index (κ3) is 7.25. The Bertz CT molecular complexity index is 1600. The highest BCUT2D eigenvalue weighted by Gasteiger charge is 2.35. The molecule has 1 aliphatic heterocycles. The first-order valence-corrected chi connectivity index (χ1v) is 16.9. The maximum Gasteiger partial charge on any atom is 0.264 e. The molecule has 0 spiro atoms. The summed E-state index contributed by atoms with van der Waals surface area (Å²) < 4.78 is 40.5. The van der Waals surface area contributed by atoms with Gasteiger partial charge in [0.05, 0.1) is 10.6 Å². The highest BCUT2D eigenvalue weighted by molar-refractivity contribution is 7.92. The Morgan fingerprint density at radius 2 is 1.66 bits per heavy atom. The van der Waals surface area contributed by atoms with E-state index in [0.29, 0.717) is 46.7 Å². The highest BCUT2D eigenvalue weighted by atomic mass is 35.5. The van der Waals surface area contributed by atoms with Gasteiger partial charge in [0.2, 0.25) is 11.8 Å². The van der Waals surface area contributed by atoms with Crippen LogP contribution in [0.25, 0.3) is 0 Å². The van der Waals surface area contributed by atoms with Gasteiger partial charge < -0.3 is 19.7 Å². The average molecular weight is 661 g/mol. The van der Waals surface area contributed by atoms with Gasteiger partial charge in [-0.15, -0.1) is 0 Å². The van der Waals surface area contributed by atoms with Crippen LogP contribution in [0.2, 0.25) is 10.0 Å². The van der Waals surface area contributed by atoms with Crippen molar-refractivity contribution in [3.63, 3.8) is 0 Å². The van der Waals surface area contributed by atoms with Crippen molar-refractivity contribution in [3.8, 4) is 11.5 Å². The number of hydrogen-bond donors (Lipinski definition) is 1. The van der Waals surface area contributed by atoms with E-state index >= 15 is 0 Å². The number of carbonyl (C=O) groups is 2. The number of sulfonamides is 1. The van der Waals surface area contributed by atoms with E-state index in [9.17, 15) is 18.0 Å². The van der Waals surface area contributed by atoms with Crippen molar-refractivity contribution in [2.24, 2.45) is 0 Å². The van der Waals surface area contributed by atoms with Crippen LogP contribution in [0.5, 0.6) is 11.5 Å². The summed E-state index contributed by atoms with van der Waals surface area (Å²) in [6, 6.07) is 16.7. The lowest BCUT2D eigenvalue weighted by atomic mass is 10.1. The van der Waals surface area contributed by atoms with Crippen LogP contribution in [0.3, 0.4) is 0 Å². The molecule has 0 aromatic heterocycles. The minimum Gasteiger partial charge on any atom is -0.486 e. The van der Waals surface area contributed by atoms with E-state index in [4.69, 9.17) is 32.7 Å². The molecule has 2 aliphatic rings. The number of anilines is 1. The molecule has 0 radical (unpaired) electrons. The fourth-order valence-corrected chi connectivity index (χ4v) is 7.45. The molecule has 1 aliphatic carbocycles. The van der Waals surface area contributed by atoms with Crippen LogP contribution in [0.1, 0.15) is 44.6 Å². The molecule has 9 nitrogen and oxygen atoms in total. The predicted octanol–water partition coefficient (Wildman–Crippen LogP) is 5.83. The van der Waals surface area contributed by atoms with Gasteiger partial charge in [-0.25, -0.2) is 8.42 Å². The lowest BCUT2D eigenvalue weighted by Gasteiger charge is -2.34. The van der Waals surface area contributed by atoms with Gasteiger partial charge in [-0.1, -0.05) is 67.2 Å². The van der Waals surface area contributed by atoms with Gasteiger partial charge in [0.15, 0.2) is 11.5 Å². The molecule has 1 heterocycles. The molecule has 1 atom stereocenters. The van der Waals surface area contributed by atoms with E-state index in [1.54, 1.807) is 54.6 Å². The highest BCUT2D eigenvalue weighted by Crippen LogP contribution is 2.36. The zero-order valence-corrected chi connectivity index (χ0v) is 26.7. The van der Waals surface area contributed by atoms with Crippen LogP contribution < -0.4 is 19.1 Å². The van der Waals surface area contributed by atoms with Gasteiger partial charge in [0.25, 0.3) is 10.0 Å². The summed E-state index contributed by atoms with van der Waals surface area (Å²) >= 11 is 12.6. The number of benzene rings is 3. The number of halogens is 2. The minimum absolute atomic E-state index is 0.0148. The van der Waals surface area contributed by atoms with Crippen molar-refractivity contribution >= 4 is 50.7 Å². The summed E-state index contributed by atoms with van der Waals surface area (Å²) in [5.74, 6) is 0.00660. The maximum absolute atomic E-state index is 14.3. The van der Waals surface area contributed by atoms with Crippen LogP contribution in [-0.4, -0.2) is 57.0 Å². The van der Waals surface area contributed by atoms with Crippen molar-refractivity contribution in [2.75, 3.05) is 24.1 Å². The Kier molecular flexibility index (Phi) is 10.2. The Balaban J connectivity index is 1.53. The first kappa shape index (κ1) is 31.9. The Morgan fingerprint density at radius 3 is 2.34 bits per heavy atom. The number of nitrogens with zero attached hydrogens (tertiary/aromatic N) is 2. The molecule has 1 saturated carbocycles. The Morgan fingerprint density at radius 1 is 0.955 bits per heavy atom. The van der Waals surface area contributed by atoms with Crippen molar-refractivity contribution < 1.29 is 27.5 Å². The molecule has 2 amide bonds. The predicted molar refractivity (Wildman–Crippen MR) is 170 cm³/mol. The summed E-state index contributed by atoms with van der Waals surface area (Å²) in [5, 5.41) is 3.87. The average Bonchev–Trinajstić information content (AvgIpc) is 3.54. The molecule has 234 valence electrons. The largest absolute Gasteiger partial charge is 0.486 e. The zero-order chi connectivity index (χ0) is 31.3. The Labute approximate surface area is 268 Å². The second kappa shape index (κ2) is 14.1. The molecular weight excluding hydrogens is 625 g/mol. The zero-order valence-electron chi connectivity index (χ0n) is 24.4. The molecule has 12 heteroatoms. The smallest absolute Gasteiger partial charge is 0.264 e. The van der Waals surface area contributed by atoms with Gasteiger partial charge >= 0.3 is 0 Å². The van der Waals surface area contributed by atoms with E-state index in [1.807, 2.05) is 6.92 Å². The summed E-state index contributed by atoms with van der Waals surface area (Å²) in [6.45, 7) is 1.91. The van der Waals surface area contributed by atoms with E-state index < -0.39 is 28.5 Å². The lowest BCUT2D eigenvalue weighted by Crippen LogP contribution is -2.53. The topological polar surface area (TPSA) is 105 Å². The quantitative estimate of drug-likeness (QED) is 0.278. The molecule has 44 heavy (non-hydrogen) atoms. The fraction of sp³-hybridized carbons (Fsp3) is 0.375. The number of carbonyl (C=O) groups excluding carboxylic acids is 2. The van der Waals surface area contributed by atoms with E-state index in [0.717, 1.165) is 30.0 Å². The van der Waals surface area contributed by atoms with Gasteiger partial charge in [0, 0.05) is 28.7 Å².